The number of aromatic carboxylic acids is 1. The first kappa shape index (κ1) is 14.0. The van der Waals surface area contributed by atoms with E-state index < -0.39 is 5.97 Å². The highest BCUT2D eigenvalue weighted by Gasteiger charge is 2.05. The topological polar surface area (TPSA) is 57.5 Å². The highest BCUT2D eigenvalue weighted by atomic mass is 27.0. The number of hydrogen-bond acceptors (Lipinski definition) is 2. The fraction of sp³-hybridized carbons (Fsp3) is 0.364. The molecule has 2 N–H and O–H groups in total. The van der Waals surface area contributed by atoms with Gasteiger partial charge in [-0.15, -0.1) is 5.28 Å². The van der Waals surface area contributed by atoms with Crippen molar-refractivity contribution in [2.45, 2.75) is 25.0 Å². The monoisotopic (exact) mass is 222 g/mol. The number of phenols is 1. The molecule has 0 aliphatic rings. The number of carboxylic acids is 1. The van der Waals surface area contributed by atoms with Crippen LogP contribution in [0.4, 0.5) is 0 Å². The van der Waals surface area contributed by atoms with E-state index in [1.807, 2.05) is 0 Å². The van der Waals surface area contributed by atoms with Crippen molar-refractivity contribution < 1.29 is 15.0 Å². The minimum Gasteiger partial charge on any atom is -0.507 e. The van der Waals surface area contributed by atoms with Gasteiger partial charge in [0.1, 0.15) is 27.6 Å². The molecule has 0 spiro atoms. The van der Waals surface area contributed by atoms with Gasteiger partial charge in [-0.2, -0.15) is 0 Å². The zero-order valence-corrected chi connectivity index (χ0v) is 9.97. The van der Waals surface area contributed by atoms with Crippen molar-refractivity contribution in [2.24, 2.45) is 0 Å². The average molecular weight is 222 g/mol. The molecule has 15 heavy (non-hydrogen) atoms. The summed E-state index contributed by atoms with van der Waals surface area (Å²) < 4.78 is 0. The van der Waals surface area contributed by atoms with Crippen molar-refractivity contribution in [3.05, 3.63) is 29.8 Å². The Hall–Kier alpha value is -0.978. The largest absolute Gasteiger partial charge is 0.507 e. The Balaban J connectivity index is 0.000000336. The van der Waals surface area contributed by atoms with Crippen LogP contribution in [-0.2, 0) is 0 Å². The first-order valence-corrected chi connectivity index (χ1v) is 5.66. The van der Waals surface area contributed by atoms with Gasteiger partial charge in [-0.1, -0.05) is 31.9 Å². The van der Waals surface area contributed by atoms with Crippen molar-refractivity contribution in [2.75, 3.05) is 0 Å². The van der Waals surface area contributed by atoms with Gasteiger partial charge in [-0.3, -0.25) is 0 Å². The predicted octanol–water partition coefficient (Wildman–Crippen LogP) is 2.46. The predicted molar refractivity (Wildman–Crippen MR) is 60.5 cm³/mol. The van der Waals surface area contributed by atoms with Gasteiger partial charge in [0.25, 0.3) is 0 Å². The van der Waals surface area contributed by atoms with Crippen LogP contribution < -0.4 is 0 Å². The fourth-order valence-electron chi connectivity index (χ4n) is 0.859. The maximum absolute atomic E-state index is 10.3. The molecule has 1 aromatic carbocycles. The molecule has 0 fully saturated rings. The minimum absolute atomic E-state index is 0.0671. The third-order valence-electron chi connectivity index (χ3n) is 1.69. The lowest BCUT2D eigenvalue weighted by Crippen LogP contribution is -1.95. The van der Waals surface area contributed by atoms with Crippen molar-refractivity contribution in [3.8, 4) is 5.75 Å². The zero-order valence-electron chi connectivity index (χ0n) is 8.81. The first-order chi connectivity index (χ1) is 7.13. The number of benzene rings is 1. The molecule has 0 saturated heterocycles. The molecule has 0 heterocycles. The number of unbranched alkanes of at least 4 members (excludes halogenated alkanes) is 1. The Morgan fingerprint density at radius 2 is 2.00 bits per heavy atom. The highest BCUT2D eigenvalue weighted by Crippen LogP contribution is 2.14. The van der Waals surface area contributed by atoms with Crippen LogP contribution in [0.5, 0.6) is 5.75 Å². The van der Waals surface area contributed by atoms with Crippen molar-refractivity contribution in [1.29, 1.82) is 0 Å². The van der Waals surface area contributed by atoms with E-state index in [1.54, 1.807) is 12.1 Å². The van der Waals surface area contributed by atoms with Crippen LogP contribution in [0.15, 0.2) is 24.3 Å². The number of carboxylic acid groups (broad SMARTS) is 1. The SMILES string of the molecule is CCC[CH2][Al].O=C(O)c1ccccc1O. The van der Waals surface area contributed by atoms with E-state index in [0.717, 1.165) is 0 Å². The average Bonchev–Trinajstić information content (AvgIpc) is 2.20. The van der Waals surface area contributed by atoms with Crippen LogP contribution in [-0.4, -0.2) is 32.5 Å². The Kier molecular flexibility index (Phi) is 7.80. The molecular formula is C11H15AlO3. The maximum atomic E-state index is 10.3. The molecule has 2 radical (unpaired) electrons. The minimum atomic E-state index is -1.11. The molecule has 0 aliphatic carbocycles. The van der Waals surface area contributed by atoms with Crippen LogP contribution in [0.1, 0.15) is 30.1 Å². The van der Waals surface area contributed by atoms with E-state index in [2.05, 4.69) is 23.2 Å². The molecule has 0 atom stereocenters. The number of rotatable bonds is 3. The molecule has 0 amide bonds. The van der Waals surface area contributed by atoms with Gasteiger partial charge >= 0.3 is 5.97 Å². The third kappa shape index (κ3) is 6.16. The Bertz CT molecular complexity index is 298. The highest BCUT2D eigenvalue weighted by molar-refractivity contribution is 6.08. The lowest BCUT2D eigenvalue weighted by molar-refractivity contribution is 0.0694. The van der Waals surface area contributed by atoms with E-state index in [0.29, 0.717) is 0 Å². The summed E-state index contributed by atoms with van der Waals surface area (Å²) in [4.78, 5) is 10.3. The molecule has 0 saturated carbocycles. The van der Waals surface area contributed by atoms with Crippen LogP contribution in [0.2, 0.25) is 5.28 Å². The van der Waals surface area contributed by atoms with Crippen LogP contribution >= 0.6 is 0 Å². The van der Waals surface area contributed by atoms with Gasteiger partial charge in [0.2, 0.25) is 0 Å². The summed E-state index contributed by atoms with van der Waals surface area (Å²) in [6.45, 7) is 2.20. The van der Waals surface area contributed by atoms with Gasteiger partial charge < -0.3 is 10.2 Å². The van der Waals surface area contributed by atoms with E-state index in [-0.39, 0.29) is 11.3 Å². The van der Waals surface area contributed by atoms with E-state index in [4.69, 9.17) is 10.2 Å². The molecule has 3 nitrogen and oxygen atoms in total. The molecule has 0 unspecified atom stereocenters. The summed E-state index contributed by atoms with van der Waals surface area (Å²) >= 11 is 2.70. The number of aromatic hydroxyl groups is 1. The normalized spacial score (nSPS) is 8.87. The Morgan fingerprint density at radius 1 is 1.40 bits per heavy atom. The Labute approximate surface area is 98.2 Å². The summed E-state index contributed by atoms with van der Waals surface area (Å²) in [6, 6.07) is 5.81. The molecular weight excluding hydrogens is 207 g/mol. The summed E-state index contributed by atoms with van der Waals surface area (Å²) in [5.74, 6) is -1.31. The maximum Gasteiger partial charge on any atom is 0.339 e. The van der Waals surface area contributed by atoms with Gasteiger partial charge in [-0.05, 0) is 12.1 Å². The lowest BCUT2D eigenvalue weighted by atomic mass is 10.2. The van der Waals surface area contributed by atoms with Crippen LogP contribution in [0, 0.1) is 0 Å². The smallest absolute Gasteiger partial charge is 0.339 e. The second-order valence-corrected chi connectivity index (χ2v) is 3.54. The van der Waals surface area contributed by atoms with Crippen molar-refractivity contribution in [1.82, 2.24) is 0 Å². The zero-order chi connectivity index (χ0) is 11.7. The lowest BCUT2D eigenvalue weighted by Gasteiger charge is -1.95. The van der Waals surface area contributed by atoms with E-state index in [9.17, 15) is 4.79 Å². The number of hydrogen-bond donors (Lipinski definition) is 2. The molecule has 1 rings (SSSR count). The van der Waals surface area contributed by atoms with E-state index >= 15 is 0 Å². The van der Waals surface area contributed by atoms with Gasteiger partial charge in [0.05, 0.1) is 0 Å². The molecule has 1 aromatic rings. The van der Waals surface area contributed by atoms with Gasteiger partial charge in [0, 0.05) is 0 Å². The molecule has 0 aliphatic heterocycles. The van der Waals surface area contributed by atoms with Crippen molar-refractivity contribution >= 4 is 22.3 Å². The van der Waals surface area contributed by atoms with E-state index in [1.165, 1.54) is 30.3 Å². The number of carbonyl (C=O) groups is 1. The summed E-state index contributed by atoms with van der Waals surface area (Å²) in [6.07, 6.45) is 2.67. The second kappa shape index (κ2) is 8.34. The summed E-state index contributed by atoms with van der Waals surface area (Å²) in [5, 5.41) is 18.6. The standard InChI is InChI=1S/C7H6O3.C4H9.Al/c8-6-4-2-1-3-5(6)7(9)10;1-3-4-2;/h1-4,8H,(H,9,10);1,3-4H2,2H3;. The summed E-state index contributed by atoms with van der Waals surface area (Å²) in [5.41, 5.74) is -0.0671. The van der Waals surface area contributed by atoms with Crippen LogP contribution in [0.3, 0.4) is 0 Å². The van der Waals surface area contributed by atoms with Gasteiger partial charge in [0.15, 0.2) is 0 Å². The fourth-order valence-corrected chi connectivity index (χ4v) is 1.27. The van der Waals surface area contributed by atoms with Gasteiger partial charge in [-0.25, -0.2) is 4.79 Å². The summed E-state index contributed by atoms with van der Waals surface area (Å²) in [7, 11) is 0. The molecule has 0 aromatic heterocycles. The number of para-hydroxylation sites is 1. The second-order valence-electron chi connectivity index (χ2n) is 2.96. The van der Waals surface area contributed by atoms with Crippen LogP contribution in [0.25, 0.3) is 0 Å². The van der Waals surface area contributed by atoms with Crippen molar-refractivity contribution in [3.63, 3.8) is 0 Å². The quantitative estimate of drug-likeness (QED) is 0.772. The molecule has 4 heteroatoms. The molecule has 80 valence electrons. The first-order valence-electron chi connectivity index (χ1n) is 4.84. The third-order valence-corrected chi connectivity index (χ3v) is 2.10. The Morgan fingerprint density at radius 3 is 2.27 bits per heavy atom. The molecule has 0 bridgehead atoms.